The maximum atomic E-state index is 13.7. The molecule has 12 heteroatoms. The molecular weight excluding hydrogens is 683 g/mol. The van der Waals surface area contributed by atoms with Crippen LogP contribution in [0.4, 0.5) is 11.4 Å². The lowest BCUT2D eigenvalue weighted by molar-refractivity contribution is -0.116. The Hall–Kier alpha value is -6.53. The van der Waals surface area contributed by atoms with Crippen molar-refractivity contribution in [3.63, 3.8) is 0 Å². The molecule has 0 fully saturated rings. The second-order valence-corrected chi connectivity index (χ2v) is 12.3. The average Bonchev–Trinajstić information content (AvgIpc) is 3.17. The molecule has 0 heterocycles. The second-order valence-electron chi connectivity index (χ2n) is 11.1. The number of rotatable bonds is 14. The fourth-order valence-electron chi connectivity index (χ4n) is 5.05. The van der Waals surface area contributed by atoms with Crippen molar-refractivity contribution in [3.05, 3.63) is 149 Å². The zero-order chi connectivity index (χ0) is 37.0. The number of carbonyl (C=O) groups excluding carboxylic acids is 3. The van der Waals surface area contributed by atoms with Gasteiger partial charge < -0.3 is 35.3 Å². The molecule has 0 aliphatic carbocycles. The van der Waals surface area contributed by atoms with Crippen LogP contribution in [0.3, 0.4) is 0 Å². The normalized spacial score (nSPS) is 11.5. The van der Waals surface area contributed by atoms with Crippen LogP contribution in [0.15, 0.2) is 132 Å². The number of carboxylic acids is 1. The summed E-state index contributed by atoms with van der Waals surface area (Å²) in [6.45, 7) is 0. The fourth-order valence-corrected chi connectivity index (χ4v) is 6.07. The van der Waals surface area contributed by atoms with Gasteiger partial charge in [-0.05, 0) is 90.0 Å². The van der Waals surface area contributed by atoms with E-state index in [1.807, 2.05) is 30.3 Å². The number of anilines is 2. The average molecular weight is 718 g/mol. The first kappa shape index (κ1) is 36.7. The molecule has 0 aliphatic heterocycles. The molecule has 0 saturated carbocycles. The highest BCUT2D eigenvalue weighted by Crippen LogP contribution is 2.39. The number of amides is 3. The molecular formula is C40H35N3O8S. The SMILES string of the molecule is COc1cc(/C=C(\NC(=O)c2ccccc2)C(=O)Nc2ccc(SC(C(=O)Nc3ccc(C(=O)O)cc3)c3ccccc3)cc2)cc(OC)c1OC. The predicted molar refractivity (Wildman–Crippen MR) is 200 cm³/mol. The Morgan fingerprint density at radius 3 is 1.79 bits per heavy atom. The number of aromatic carboxylic acids is 1. The van der Waals surface area contributed by atoms with Crippen LogP contribution in [-0.2, 0) is 9.59 Å². The zero-order valence-corrected chi connectivity index (χ0v) is 29.2. The minimum Gasteiger partial charge on any atom is -0.493 e. The van der Waals surface area contributed by atoms with Gasteiger partial charge in [0.1, 0.15) is 10.9 Å². The first-order chi connectivity index (χ1) is 25.2. The molecule has 0 saturated heterocycles. The van der Waals surface area contributed by atoms with Gasteiger partial charge in [-0.2, -0.15) is 0 Å². The van der Waals surface area contributed by atoms with Crippen LogP contribution in [0.2, 0.25) is 0 Å². The molecule has 0 bridgehead atoms. The highest BCUT2D eigenvalue weighted by atomic mass is 32.2. The van der Waals surface area contributed by atoms with Crippen LogP contribution in [0.5, 0.6) is 17.2 Å². The number of benzene rings is 5. The third-order valence-corrected chi connectivity index (χ3v) is 8.90. The van der Waals surface area contributed by atoms with Gasteiger partial charge in [-0.25, -0.2) is 4.79 Å². The Balaban J connectivity index is 1.37. The van der Waals surface area contributed by atoms with Crippen molar-refractivity contribution < 1.29 is 38.5 Å². The fraction of sp³-hybridized carbons (Fsp3) is 0.100. The minimum atomic E-state index is -1.06. The van der Waals surface area contributed by atoms with Crippen molar-refractivity contribution in [1.82, 2.24) is 5.32 Å². The lowest BCUT2D eigenvalue weighted by Crippen LogP contribution is -2.30. The Bertz CT molecular complexity index is 2050. The van der Waals surface area contributed by atoms with E-state index < -0.39 is 23.0 Å². The number of hydrogen-bond donors (Lipinski definition) is 4. The number of methoxy groups -OCH3 is 3. The van der Waals surface area contributed by atoms with Crippen molar-refractivity contribution in [2.45, 2.75) is 10.1 Å². The molecule has 5 aromatic carbocycles. The highest BCUT2D eigenvalue weighted by molar-refractivity contribution is 8.00. The summed E-state index contributed by atoms with van der Waals surface area (Å²) in [7, 11) is 4.45. The van der Waals surface area contributed by atoms with Crippen LogP contribution in [-0.4, -0.2) is 50.1 Å². The van der Waals surface area contributed by atoms with Crippen molar-refractivity contribution >= 4 is 52.9 Å². The largest absolute Gasteiger partial charge is 0.493 e. The van der Waals surface area contributed by atoms with E-state index in [-0.39, 0.29) is 17.2 Å². The maximum Gasteiger partial charge on any atom is 0.335 e. The van der Waals surface area contributed by atoms with E-state index in [0.717, 1.165) is 10.5 Å². The first-order valence-corrected chi connectivity index (χ1v) is 16.7. The van der Waals surface area contributed by atoms with Crippen LogP contribution < -0.4 is 30.2 Å². The molecule has 0 aromatic heterocycles. The summed E-state index contributed by atoms with van der Waals surface area (Å²) in [4.78, 5) is 52.4. The van der Waals surface area contributed by atoms with Gasteiger partial charge in [-0.15, -0.1) is 11.8 Å². The molecule has 0 spiro atoms. The van der Waals surface area contributed by atoms with Gasteiger partial charge in [0, 0.05) is 21.8 Å². The monoisotopic (exact) mass is 717 g/mol. The molecule has 3 amide bonds. The number of thioether (sulfide) groups is 1. The summed E-state index contributed by atoms with van der Waals surface area (Å²) in [6.07, 6.45) is 1.50. The number of ether oxygens (including phenoxy) is 3. The van der Waals surface area contributed by atoms with Crippen molar-refractivity contribution in [2.75, 3.05) is 32.0 Å². The number of carboxylic acid groups (broad SMARTS) is 1. The van der Waals surface area contributed by atoms with Gasteiger partial charge in [0.05, 0.1) is 26.9 Å². The maximum absolute atomic E-state index is 13.7. The first-order valence-electron chi connectivity index (χ1n) is 15.8. The van der Waals surface area contributed by atoms with E-state index in [9.17, 15) is 24.3 Å². The van der Waals surface area contributed by atoms with E-state index in [0.29, 0.717) is 39.8 Å². The van der Waals surface area contributed by atoms with E-state index in [1.54, 1.807) is 66.7 Å². The minimum absolute atomic E-state index is 0.0428. The van der Waals surface area contributed by atoms with E-state index in [2.05, 4.69) is 16.0 Å². The molecule has 0 radical (unpaired) electrons. The van der Waals surface area contributed by atoms with E-state index >= 15 is 0 Å². The van der Waals surface area contributed by atoms with Crippen LogP contribution in [0.25, 0.3) is 6.08 Å². The molecule has 264 valence electrons. The third kappa shape index (κ3) is 9.37. The zero-order valence-electron chi connectivity index (χ0n) is 28.4. The summed E-state index contributed by atoms with van der Waals surface area (Å²) in [5, 5.41) is 17.0. The van der Waals surface area contributed by atoms with Crippen molar-refractivity contribution in [2.24, 2.45) is 0 Å². The lowest BCUT2D eigenvalue weighted by Gasteiger charge is -2.18. The van der Waals surface area contributed by atoms with Crippen molar-refractivity contribution in [3.8, 4) is 17.2 Å². The molecule has 1 unspecified atom stereocenters. The van der Waals surface area contributed by atoms with Gasteiger partial charge in [-0.3, -0.25) is 14.4 Å². The lowest BCUT2D eigenvalue weighted by atomic mass is 10.1. The summed E-state index contributed by atoms with van der Waals surface area (Å²) in [6, 6.07) is 33.9. The molecule has 0 aliphatic rings. The Morgan fingerprint density at radius 1 is 0.673 bits per heavy atom. The molecule has 1 atom stereocenters. The predicted octanol–water partition coefficient (Wildman–Crippen LogP) is 7.29. The molecule has 5 rings (SSSR count). The smallest absolute Gasteiger partial charge is 0.335 e. The third-order valence-electron chi connectivity index (χ3n) is 7.63. The molecule has 4 N–H and O–H groups in total. The Morgan fingerprint density at radius 2 is 1.23 bits per heavy atom. The second kappa shape index (κ2) is 17.4. The number of carbonyl (C=O) groups is 4. The number of hydrogen-bond acceptors (Lipinski definition) is 8. The molecule has 52 heavy (non-hydrogen) atoms. The quantitative estimate of drug-likeness (QED) is 0.0685. The summed E-state index contributed by atoms with van der Waals surface area (Å²) in [5.41, 5.74) is 2.60. The van der Waals surface area contributed by atoms with Gasteiger partial charge in [-0.1, -0.05) is 48.5 Å². The van der Waals surface area contributed by atoms with Gasteiger partial charge in [0.15, 0.2) is 11.5 Å². The van der Waals surface area contributed by atoms with Crippen molar-refractivity contribution in [1.29, 1.82) is 0 Å². The summed E-state index contributed by atoms with van der Waals surface area (Å²) < 4.78 is 16.3. The van der Waals surface area contributed by atoms with E-state index in [1.165, 1.54) is 63.4 Å². The molecule has 11 nitrogen and oxygen atoms in total. The highest BCUT2D eigenvalue weighted by Gasteiger charge is 2.23. The Kier molecular flexibility index (Phi) is 12.3. The van der Waals surface area contributed by atoms with Gasteiger partial charge in [0.25, 0.3) is 11.8 Å². The van der Waals surface area contributed by atoms with Crippen LogP contribution >= 0.6 is 11.8 Å². The molecule has 5 aromatic rings. The standard InChI is InChI=1S/C40H35N3O8S/c1-49-33-23-25(24-34(50-2)35(33)51-3)22-32(43-37(44)27-12-8-5-9-13-27)38(45)41-30-18-20-31(21-19-30)52-36(26-10-6-4-7-11-26)39(46)42-29-16-14-28(15-17-29)40(47)48/h4-24,36H,1-3H3,(H,41,45)(H,42,46)(H,43,44)(H,47,48)/b32-22-. The Labute approximate surface area is 304 Å². The number of nitrogens with one attached hydrogen (secondary N) is 3. The van der Waals surface area contributed by atoms with Gasteiger partial charge >= 0.3 is 5.97 Å². The van der Waals surface area contributed by atoms with Crippen LogP contribution in [0.1, 0.15) is 37.1 Å². The van der Waals surface area contributed by atoms with Crippen LogP contribution in [0, 0.1) is 0 Å². The van der Waals surface area contributed by atoms with E-state index in [4.69, 9.17) is 14.2 Å². The summed E-state index contributed by atoms with van der Waals surface area (Å²) >= 11 is 1.31. The summed E-state index contributed by atoms with van der Waals surface area (Å²) in [5.74, 6) is -1.31. The topological polar surface area (TPSA) is 152 Å². The van der Waals surface area contributed by atoms with Gasteiger partial charge in [0.2, 0.25) is 11.7 Å².